The average Bonchev–Trinajstić information content (AvgIpc) is 2.83. The Morgan fingerprint density at radius 1 is 1.44 bits per heavy atom. The van der Waals surface area contributed by atoms with Crippen molar-refractivity contribution in [1.29, 1.82) is 0 Å². The summed E-state index contributed by atoms with van der Waals surface area (Å²) in [6, 6.07) is 0. The van der Waals surface area contributed by atoms with Crippen molar-refractivity contribution in [1.82, 2.24) is 29.5 Å². The highest BCUT2D eigenvalue weighted by Gasteiger charge is 2.23. The van der Waals surface area contributed by atoms with Crippen LogP contribution in [0.4, 0.5) is 0 Å². The number of nitrogens with zero attached hydrogens (tertiary/aromatic N) is 5. The van der Waals surface area contributed by atoms with Gasteiger partial charge in [-0.3, -0.25) is 4.68 Å². The van der Waals surface area contributed by atoms with E-state index in [9.17, 15) is 8.42 Å². The van der Waals surface area contributed by atoms with Gasteiger partial charge in [0.1, 0.15) is 0 Å². The van der Waals surface area contributed by atoms with Crippen molar-refractivity contribution in [2.24, 2.45) is 14.1 Å². The first-order valence-corrected chi connectivity index (χ1v) is 7.20. The predicted molar refractivity (Wildman–Crippen MR) is 65.9 cm³/mol. The van der Waals surface area contributed by atoms with E-state index in [1.807, 2.05) is 0 Å². The Labute approximate surface area is 112 Å². The molecule has 0 unspecified atom stereocenters. The molecule has 0 radical (unpaired) electrons. The molecule has 0 aliphatic heterocycles. The molecule has 98 valence electrons. The van der Waals surface area contributed by atoms with Gasteiger partial charge in [0.2, 0.25) is 5.03 Å². The molecular formula is C8H11BrN6O2S. The molecule has 1 N–H and O–H groups in total. The van der Waals surface area contributed by atoms with Crippen LogP contribution in [0.1, 0.15) is 5.56 Å². The number of aromatic nitrogens is 5. The van der Waals surface area contributed by atoms with Gasteiger partial charge in [0.05, 0.1) is 6.20 Å². The monoisotopic (exact) mass is 334 g/mol. The number of hydrogen-bond acceptors (Lipinski definition) is 5. The van der Waals surface area contributed by atoms with E-state index in [0.717, 1.165) is 5.56 Å². The van der Waals surface area contributed by atoms with E-state index < -0.39 is 10.0 Å². The maximum Gasteiger partial charge on any atom is 0.260 e. The molecule has 2 aromatic heterocycles. The van der Waals surface area contributed by atoms with Crippen molar-refractivity contribution in [3.8, 4) is 0 Å². The van der Waals surface area contributed by atoms with E-state index in [1.165, 1.54) is 11.7 Å². The lowest BCUT2D eigenvalue weighted by Crippen LogP contribution is -2.25. The average molecular weight is 335 g/mol. The Kier molecular flexibility index (Phi) is 3.50. The van der Waals surface area contributed by atoms with E-state index in [-0.39, 0.29) is 16.2 Å². The van der Waals surface area contributed by atoms with Crippen LogP contribution in [0.15, 0.2) is 22.0 Å². The summed E-state index contributed by atoms with van der Waals surface area (Å²) < 4.78 is 29.5. The van der Waals surface area contributed by atoms with Crippen molar-refractivity contribution in [3.05, 3.63) is 22.6 Å². The minimum atomic E-state index is -3.66. The fourth-order valence-electron chi connectivity index (χ4n) is 1.42. The zero-order chi connectivity index (χ0) is 13.3. The van der Waals surface area contributed by atoms with Gasteiger partial charge in [0.25, 0.3) is 10.0 Å². The molecule has 0 atom stereocenters. The second-order valence-corrected chi connectivity index (χ2v) is 6.09. The molecule has 0 fully saturated rings. The molecule has 2 rings (SSSR count). The third kappa shape index (κ3) is 2.60. The first kappa shape index (κ1) is 13.2. The summed E-state index contributed by atoms with van der Waals surface area (Å²) in [7, 11) is -0.389. The van der Waals surface area contributed by atoms with E-state index in [2.05, 4.69) is 36.1 Å². The Bertz CT molecular complexity index is 641. The molecule has 18 heavy (non-hydrogen) atoms. The molecule has 0 bridgehead atoms. The summed E-state index contributed by atoms with van der Waals surface area (Å²) >= 11 is 3.05. The smallest absolute Gasteiger partial charge is 0.260 e. The summed E-state index contributed by atoms with van der Waals surface area (Å²) in [6.07, 6.45) is 3.33. The fourth-order valence-corrected chi connectivity index (χ4v) is 3.53. The van der Waals surface area contributed by atoms with Crippen LogP contribution in [-0.4, -0.2) is 33.2 Å². The maximum atomic E-state index is 12.0. The van der Waals surface area contributed by atoms with Crippen LogP contribution in [0.3, 0.4) is 0 Å². The number of rotatable bonds is 4. The van der Waals surface area contributed by atoms with Crippen molar-refractivity contribution >= 4 is 26.0 Å². The van der Waals surface area contributed by atoms with Crippen LogP contribution in [0, 0.1) is 0 Å². The van der Waals surface area contributed by atoms with Gasteiger partial charge in [-0.05, 0) is 15.9 Å². The minimum absolute atomic E-state index is 0.00797. The molecule has 2 aromatic rings. The molecule has 2 heterocycles. The highest BCUT2D eigenvalue weighted by molar-refractivity contribution is 9.10. The lowest BCUT2D eigenvalue weighted by atomic mass is 10.4. The standard InChI is InChI=1S/C8H11BrN6O2S/c1-14-5-6(3-10-14)4-11-18(16,17)8-7(9)12-13-15(8)2/h3,5,11H,4H2,1-2H3. The second kappa shape index (κ2) is 4.78. The third-order valence-electron chi connectivity index (χ3n) is 2.22. The molecule has 0 aliphatic rings. The van der Waals surface area contributed by atoms with Gasteiger partial charge in [-0.15, -0.1) is 5.10 Å². The van der Waals surface area contributed by atoms with E-state index in [4.69, 9.17) is 0 Å². The van der Waals surface area contributed by atoms with Crippen LogP contribution < -0.4 is 4.72 Å². The Morgan fingerprint density at radius 3 is 2.67 bits per heavy atom. The SMILES string of the molecule is Cn1cc(CNS(=O)(=O)c2c(Br)nnn2C)cn1. The second-order valence-electron chi connectivity index (χ2n) is 3.66. The zero-order valence-electron chi connectivity index (χ0n) is 9.70. The molecule has 0 saturated heterocycles. The van der Waals surface area contributed by atoms with Gasteiger partial charge in [-0.2, -0.15) is 5.10 Å². The molecule has 0 aliphatic carbocycles. The highest BCUT2D eigenvalue weighted by Crippen LogP contribution is 2.17. The fraction of sp³-hybridized carbons (Fsp3) is 0.375. The van der Waals surface area contributed by atoms with Gasteiger partial charge in [0, 0.05) is 32.4 Å². The van der Waals surface area contributed by atoms with Crippen molar-refractivity contribution in [2.45, 2.75) is 11.6 Å². The normalized spacial score (nSPS) is 11.9. The summed E-state index contributed by atoms with van der Waals surface area (Å²) in [5.74, 6) is 0. The number of aryl methyl sites for hydroxylation is 2. The third-order valence-corrected chi connectivity index (χ3v) is 4.50. The van der Waals surface area contributed by atoms with Crippen molar-refractivity contribution in [3.63, 3.8) is 0 Å². The molecule has 0 saturated carbocycles. The van der Waals surface area contributed by atoms with Gasteiger partial charge in [-0.25, -0.2) is 17.8 Å². The van der Waals surface area contributed by atoms with Gasteiger partial charge in [0.15, 0.2) is 4.60 Å². The van der Waals surface area contributed by atoms with Crippen LogP contribution in [0.2, 0.25) is 0 Å². The lowest BCUT2D eigenvalue weighted by molar-refractivity contribution is 0.560. The number of halogens is 1. The van der Waals surface area contributed by atoms with Crippen molar-refractivity contribution < 1.29 is 8.42 Å². The summed E-state index contributed by atoms with van der Waals surface area (Å²) in [5, 5.41) is 11.2. The van der Waals surface area contributed by atoms with Gasteiger partial charge in [-0.1, -0.05) is 5.21 Å². The van der Waals surface area contributed by atoms with Crippen LogP contribution >= 0.6 is 15.9 Å². The zero-order valence-corrected chi connectivity index (χ0v) is 12.1. The van der Waals surface area contributed by atoms with Crippen LogP contribution in [-0.2, 0) is 30.7 Å². The van der Waals surface area contributed by atoms with Gasteiger partial charge < -0.3 is 0 Å². The molecule has 0 spiro atoms. The highest BCUT2D eigenvalue weighted by atomic mass is 79.9. The molecule has 0 aromatic carbocycles. The number of nitrogens with one attached hydrogen (secondary N) is 1. The summed E-state index contributed by atoms with van der Waals surface area (Å²) in [6.45, 7) is 0.161. The maximum absolute atomic E-state index is 12.0. The predicted octanol–water partition coefficient (Wildman–Crippen LogP) is -0.210. The molecule has 8 nitrogen and oxygen atoms in total. The quantitative estimate of drug-likeness (QED) is 0.834. The molecule has 10 heteroatoms. The summed E-state index contributed by atoms with van der Waals surface area (Å²) in [4.78, 5) is 0. The Hall–Kier alpha value is -1.26. The Morgan fingerprint density at radius 2 is 2.17 bits per heavy atom. The summed E-state index contributed by atoms with van der Waals surface area (Å²) in [5.41, 5.74) is 0.771. The molecule has 0 amide bonds. The van der Waals surface area contributed by atoms with Gasteiger partial charge >= 0.3 is 0 Å². The largest absolute Gasteiger partial charge is 0.275 e. The number of hydrogen-bond donors (Lipinski definition) is 1. The van der Waals surface area contributed by atoms with Crippen LogP contribution in [0.25, 0.3) is 0 Å². The lowest BCUT2D eigenvalue weighted by Gasteiger charge is -2.05. The Balaban J connectivity index is 2.18. The van der Waals surface area contributed by atoms with E-state index >= 15 is 0 Å². The first-order valence-electron chi connectivity index (χ1n) is 4.92. The van der Waals surface area contributed by atoms with Crippen molar-refractivity contribution in [2.75, 3.05) is 0 Å². The molecular weight excluding hydrogens is 324 g/mol. The minimum Gasteiger partial charge on any atom is -0.275 e. The van der Waals surface area contributed by atoms with E-state index in [0.29, 0.717) is 0 Å². The number of sulfonamides is 1. The topological polar surface area (TPSA) is 94.7 Å². The van der Waals surface area contributed by atoms with E-state index in [1.54, 1.807) is 24.1 Å². The van der Waals surface area contributed by atoms with Crippen LogP contribution in [0.5, 0.6) is 0 Å². The first-order chi connectivity index (χ1) is 8.40.